The fourth-order valence-electron chi connectivity index (χ4n) is 4.28. The Bertz CT molecular complexity index is 482. The van der Waals surface area contributed by atoms with Gasteiger partial charge in [0.2, 0.25) is 11.8 Å². The van der Waals surface area contributed by atoms with Crippen LogP contribution in [0.1, 0.15) is 65.7 Å². The van der Waals surface area contributed by atoms with Gasteiger partial charge in [-0.1, -0.05) is 33.6 Å². The van der Waals surface area contributed by atoms with E-state index in [0.29, 0.717) is 18.4 Å². The SMILES string of the molecule is CC(C)(C)CC(=O)N1CCN(C(C(=O)NC2CC2)C2CCCC2)CC1. The Balaban J connectivity index is 1.57. The summed E-state index contributed by atoms with van der Waals surface area (Å²) in [4.78, 5) is 29.7. The number of hydrogen-bond donors (Lipinski definition) is 1. The van der Waals surface area contributed by atoms with Gasteiger partial charge in [-0.15, -0.1) is 0 Å². The fourth-order valence-corrected chi connectivity index (χ4v) is 4.28. The van der Waals surface area contributed by atoms with Crippen molar-refractivity contribution in [1.82, 2.24) is 15.1 Å². The van der Waals surface area contributed by atoms with E-state index in [-0.39, 0.29) is 23.3 Å². The molecule has 5 nitrogen and oxygen atoms in total. The maximum absolute atomic E-state index is 12.8. The van der Waals surface area contributed by atoms with Gasteiger partial charge in [0.1, 0.15) is 0 Å². The highest BCUT2D eigenvalue weighted by Gasteiger charge is 2.39. The molecule has 0 radical (unpaired) electrons. The molecule has 5 heteroatoms. The van der Waals surface area contributed by atoms with E-state index in [1.54, 1.807) is 0 Å². The Morgan fingerprint density at radius 1 is 1.00 bits per heavy atom. The van der Waals surface area contributed by atoms with Crippen molar-refractivity contribution in [2.45, 2.75) is 77.8 Å². The Kier molecular flexibility index (Phi) is 5.71. The molecule has 1 unspecified atom stereocenters. The lowest BCUT2D eigenvalue weighted by atomic mass is 9.91. The molecule has 25 heavy (non-hydrogen) atoms. The number of carbonyl (C=O) groups is 2. The van der Waals surface area contributed by atoms with E-state index in [1.165, 1.54) is 25.7 Å². The zero-order chi connectivity index (χ0) is 18.0. The average Bonchev–Trinajstić information content (AvgIpc) is 3.18. The minimum Gasteiger partial charge on any atom is -0.352 e. The van der Waals surface area contributed by atoms with Crippen LogP contribution in [0.2, 0.25) is 0 Å². The van der Waals surface area contributed by atoms with Gasteiger partial charge >= 0.3 is 0 Å². The van der Waals surface area contributed by atoms with Gasteiger partial charge in [0.25, 0.3) is 0 Å². The van der Waals surface area contributed by atoms with Crippen molar-refractivity contribution in [3.8, 4) is 0 Å². The largest absolute Gasteiger partial charge is 0.352 e. The molecule has 1 saturated heterocycles. The van der Waals surface area contributed by atoms with Gasteiger partial charge in [0, 0.05) is 38.6 Å². The zero-order valence-corrected chi connectivity index (χ0v) is 16.2. The van der Waals surface area contributed by atoms with Crippen LogP contribution in [-0.4, -0.2) is 59.9 Å². The fraction of sp³-hybridized carbons (Fsp3) is 0.900. The van der Waals surface area contributed by atoms with Gasteiger partial charge in [0.05, 0.1) is 6.04 Å². The summed E-state index contributed by atoms with van der Waals surface area (Å²) in [6.07, 6.45) is 7.72. The average molecular weight is 350 g/mol. The molecule has 0 aromatic rings. The molecule has 1 heterocycles. The summed E-state index contributed by atoms with van der Waals surface area (Å²) in [6, 6.07) is 0.439. The highest BCUT2D eigenvalue weighted by atomic mass is 16.2. The van der Waals surface area contributed by atoms with E-state index in [2.05, 4.69) is 31.0 Å². The lowest BCUT2D eigenvalue weighted by molar-refractivity contribution is -0.136. The minimum absolute atomic E-state index is 0.0166. The minimum atomic E-state index is 0.0166. The molecule has 3 rings (SSSR count). The lowest BCUT2D eigenvalue weighted by Gasteiger charge is -2.41. The van der Waals surface area contributed by atoms with Crippen molar-refractivity contribution in [1.29, 1.82) is 0 Å². The summed E-state index contributed by atoms with van der Waals surface area (Å²) >= 11 is 0. The molecule has 0 spiro atoms. The van der Waals surface area contributed by atoms with E-state index in [1.807, 2.05) is 4.90 Å². The Morgan fingerprint density at radius 3 is 2.12 bits per heavy atom. The third-order valence-electron chi connectivity index (χ3n) is 5.78. The summed E-state index contributed by atoms with van der Waals surface area (Å²) in [5, 5.41) is 3.23. The highest BCUT2D eigenvalue weighted by molar-refractivity contribution is 5.83. The van der Waals surface area contributed by atoms with Crippen molar-refractivity contribution in [2.24, 2.45) is 11.3 Å². The highest BCUT2D eigenvalue weighted by Crippen LogP contribution is 2.32. The summed E-state index contributed by atoms with van der Waals surface area (Å²) in [7, 11) is 0. The summed E-state index contributed by atoms with van der Waals surface area (Å²) in [5.74, 6) is 0.992. The molecule has 3 fully saturated rings. The first-order valence-corrected chi connectivity index (χ1v) is 10.2. The van der Waals surface area contributed by atoms with Crippen molar-refractivity contribution >= 4 is 11.8 Å². The topological polar surface area (TPSA) is 52.7 Å². The number of piperazine rings is 1. The van der Waals surface area contributed by atoms with Crippen LogP contribution < -0.4 is 5.32 Å². The van der Waals surface area contributed by atoms with Gasteiger partial charge in [-0.05, 0) is 37.0 Å². The third kappa shape index (κ3) is 5.19. The normalized spacial score (nSPS) is 24.4. The monoisotopic (exact) mass is 349 g/mol. The molecule has 0 aromatic heterocycles. The standard InChI is InChI=1S/C20H35N3O2/c1-20(2,3)14-17(24)22-10-12-23(13-11-22)18(15-6-4-5-7-15)19(25)21-16-8-9-16/h15-16,18H,4-14H2,1-3H3,(H,21,25). The number of nitrogens with one attached hydrogen (secondary N) is 1. The van der Waals surface area contributed by atoms with E-state index in [9.17, 15) is 9.59 Å². The van der Waals surface area contributed by atoms with E-state index in [4.69, 9.17) is 0 Å². The molecule has 1 aliphatic heterocycles. The molecule has 142 valence electrons. The summed E-state index contributed by atoms with van der Waals surface area (Å²) in [6.45, 7) is 9.51. The molecule has 1 N–H and O–H groups in total. The lowest BCUT2D eigenvalue weighted by Crippen LogP contribution is -2.58. The van der Waals surface area contributed by atoms with Gasteiger partial charge in [0.15, 0.2) is 0 Å². The second kappa shape index (κ2) is 7.65. The predicted molar refractivity (Wildman–Crippen MR) is 99.1 cm³/mol. The van der Waals surface area contributed by atoms with Crippen LogP contribution in [0.15, 0.2) is 0 Å². The van der Waals surface area contributed by atoms with Crippen molar-refractivity contribution in [3.63, 3.8) is 0 Å². The molecule has 2 amide bonds. The number of nitrogens with zero attached hydrogens (tertiary/aromatic N) is 2. The van der Waals surface area contributed by atoms with Gasteiger partial charge in [-0.3, -0.25) is 14.5 Å². The molecule has 0 aromatic carbocycles. The van der Waals surface area contributed by atoms with Crippen LogP contribution in [0.3, 0.4) is 0 Å². The third-order valence-corrected chi connectivity index (χ3v) is 5.78. The van der Waals surface area contributed by atoms with Crippen molar-refractivity contribution in [2.75, 3.05) is 26.2 Å². The Labute approximate surface area is 152 Å². The van der Waals surface area contributed by atoms with Gasteiger partial charge in [-0.25, -0.2) is 0 Å². The van der Waals surface area contributed by atoms with Crippen LogP contribution in [0, 0.1) is 11.3 Å². The smallest absolute Gasteiger partial charge is 0.237 e. The van der Waals surface area contributed by atoms with E-state index < -0.39 is 0 Å². The number of carbonyl (C=O) groups excluding carboxylic acids is 2. The summed E-state index contributed by atoms with van der Waals surface area (Å²) in [5.41, 5.74) is 0.0325. The van der Waals surface area contributed by atoms with E-state index in [0.717, 1.165) is 39.0 Å². The number of amides is 2. The first-order valence-electron chi connectivity index (χ1n) is 10.2. The second-order valence-corrected chi connectivity index (χ2v) is 9.43. The maximum atomic E-state index is 12.8. The predicted octanol–water partition coefficient (Wildman–Crippen LogP) is 2.40. The van der Waals surface area contributed by atoms with Crippen LogP contribution in [0.25, 0.3) is 0 Å². The first kappa shape index (κ1) is 18.7. The molecular weight excluding hydrogens is 314 g/mol. The molecular formula is C20H35N3O2. The maximum Gasteiger partial charge on any atom is 0.237 e. The van der Waals surface area contributed by atoms with Crippen LogP contribution in [0.4, 0.5) is 0 Å². The molecule has 0 bridgehead atoms. The molecule has 2 aliphatic carbocycles. The van der Waals surface area contributed by atoms with Crippen LogP contribution >= 0.6 is 0 Å². The first-order chi connectivity index (χ1) is 11.8. The summed E-state index contributed by atoms with van der Waals surface area (Å²) < 4.78 is 0. The van der Waals surface area contributed by atoms with Crippen LogP contribution in [0.5, 0.6) is 0 Å². The van der Waals surface area contributed by atoms with Gasteiger partial charge < -0.3 is 10.2 Å². The van der Waals surface area contributed by atoms with Gasteiger partial charge in [-0.2, -0.15) is 0 Å². The Morgan fingerprint density at radius 2 is 1.60 bits per heavy atom. The Hall–Kier alpha value is -1.10. The number of rotatable bonds is 5. The molecule has 2 saturated carbocycles. The molecule has 3 aliphatic rings. The second-order valence-electron chi connectivity index (χ2n) is 9.43. The molecule has 1 atom stereocenters. The quantitative estimate of drug-likeness (QED) is 0.829. The van der Waals surface area contributed by atoms with E-state index >= 15 is 0 Å². The number of hydrogen-bond acceptors (Lipinski definition) is 3. The zero-order valence-electron chi connectivity index (χ0n) is 16.2. The van der Waals surface area contributed by atoms with Crippen LogP contribution in [-0.2, 0) is 9.59 Å². The van der Waals surface area contributed by atoms with Crippen molar-refractivity contribution in [3.05, 3.63) is 0 Å². The van der Waals surface area contributed by atoms with Crippen molar-refractivity contribution < 1.29 is 9.59 Å².